The Balaban J connectivity index is 2.38. The Bertz CT molecular complexity index is 737. The Kier molecular flexibility index (Phi) is 5.48. The largest absolute Gasteiger partial charge is 0.494 e. The third-order valence-corrected chi connectivity index (χ3v) is 3.41. The molecule has 0 aliphatic rings. The van der Waals surface area contributed by atoms with Crippen LogP contribution in [0.4, 0.5) is 0 Å². The van der Waals surface area contributed by atoms with Crippen molar-refractivity contribution in [2.24, 2.45) is 0 Å². The van der Waals surface area contributed by atoms with Crippen LogP contribution < -0.4 is 10.3 Å². The van der Waals surface area contributed by atoms with E-state index in [-0.39, 0.29) is 25.1 Å². The van der Waals surface area contributed by atoms with E-state index in [9.17, 15) is 9.59 Å². The van der Waals surface area contributed by atoms with Crippen molar-refractivity contribution in [1.29, 1.82) is 0 Å². The van der Waals surface area contributed by atoms with Gasteiger partial charge in [0.2, 0.25) is 0 Å². The monoisotopic (exact) mass is 318 g/mol. The van der Waals surface area contributed by atoms with Crippen molar-refractivity contribution in [3.63, 3.8) is 0 Å². The molecule has 0 bridgehead atoms. The van der Waals surface area contributed by atoms with Crippen molar-refractivity contribution in [1.82, 2.24) is 9.78 Å². The first-order chi connectivity index (χ1) is 11.1. The maximum atomic E-state index is 12.5. The van der Waals surface area contributed by atoms with Crippen molar-refractivity contribution >= 4 is 5.97 Å². The number of benzene rings is 1. The second-order valence-corrected chi connectivity index (χ2v) is 4.93. The minimum Gasteiger partial charge on any atom is -0.494 e. The van der Waals surface area contributed by atoms with E-state index in [0.717, 1.165) is 5.56 Å². The Morgan fingerprint density at radius 1 is 1.30 bits per heavy atom. The topological polar surface area (TPSA) is 102 Å². The normalized spacial score (nSPS) is 10.5. The molecule has 0 atom stereocenters. The van der Waals surface area contributed by atoms with E-state index in [0.29, 0.717) is 23.3 Å². The number of aryl methyl sites for hydroxylation is 1. The summed E-state index contributed by atoms with van der Waals surface area (Å²) in [6.45, 7) is -0.0840. The number of nitrogens with zero attached hydrogens (tertiary/aromatic N) is 2. The summed E-state index contributed by atoms with van der Waals surface area (Å²) in [4.78, 5) is 23.1. The molecule has 7 heteroatoms. The molecule has 0 spiro atoms. The van der Waals surface area contributed by atoms with Crippen LogP contribution in [0.25, 0.3) is 11.1 Å². The molecule has 0 saturated carbocycles. The number of aliphatic hydroxyl groups excluding tert-OH is 1. The zero-order chi connectivity index (χ0) is 16.8. The van der Waals surface area contributed by atoms with Crippen LogP contribution in [0.5, 0.6) is 5.75 Å². The highest BCUT2D eigenvalue weighted by Crippen LogP contribution is 2.25. The second kappa shape index (κ2) is 7.55. The van der Waals surface area contributed by atoms with Crippen LogP contribution in [-0.2, 0) is 17.8 Å². The van der Waals surface area contributed by atoms with Gasteiger partial charge in [-0.15, -0.1) is 0 Å². The molecule has 23 heavy (non-hydrogen) atoms. The standard InChI is InChI=1S/C16H18N2O5/c1-23-13-10-17-18(8-9-19)16(22)15(13)12-5-2-11(3-6-12)4-7-14(20)21/h2-3,5-6,10,19H,4,7-9H2,1H3,(H,20,21). The molecule has 0 saturated heterocycles. The van der Waals surface area contributed by atoms with Gasteiger partial charge < -0.3 is 14.9 Å². The number of carboxylic acid groups (broad SMARTS) is 1. The quantitative estimate of drug-likeness (QED) is 0.787. The van der Waals surface area contributed by atoms with E-state index in [1.54, 1.807) is 24.3 Å². The highest BCUT2D eigenvalue weighted by atomic mass is 16.5. The summed E-state index contributed by atoms with van der Waals surface area (Å²) in [5, 5.41) is 21.6. The van der Waals surface area contributed by atoms with E-state index in [1.807, 2.05) is 0 Å². The predicted octanol–water partition coefficient (Wildman–Crippen LogP) is 0.928. The molecule has 0 amide bonds. The van der Waals surface area contributed by atoms with E-state index in [4.69, 9.17) is 14.9 Å². The maximum absolute atomic E-state index is 12.5. The third-order valence-electron chi connectivity index (χ3n) is 3.41. The Hall–Kier alpha value is -2.67. The van der Waals surface area contributed by atoms with Gasteiger partial charge in [-0.1, -0.05) is 24.3 Å². The smallest absolute Gasteiger partial charge is 0.303 e. The fourth-order valence-corrected chi connectivity index (χ4v) is 2.24. The van der Waals surface area contributed by atoms with Gasteiger partial charge in [-0.2, -0.15) is 5.10 Å². The summed E-state index contributed by atoms with van der Waals surface area (Å²) in [5.41, 5.74) is 1.54. The number of methoxy groups -OCH3 is 1. The number of ether oxygens (including phenoxy) is 1. The molecule has 1 aromatic heterocycles. The van der Waals surface area contributed by atoms with Crippen LogP contribution in [0.3, 0.4) is 0 Å². The molecule has 7 nitrogen and oxygen atoms in total. The summed E-state index contributed by atoms with van der Waals surface area (Å²) in [5.74, 6) is -0.501. The van der Waals surface area contributed by atoms with Crippen molar-refractivity contribution in [3.8, 4) is 16.9 Å². The Labute approximate surface area is 132 Å². The van der Waals surface area contributed by atoms with E-state index in [1.165, 1.54) is 18.0 Å². The van der Waals surface area contributed by atoms with E-state index >= 15 is 0 Å². The summed E-state index contributed by atoms with van der Waals surface area (Å²) < 4.78 is 6.38. The van der Waals surface area contributed by atoms with Crippen molar-refractivity contribution in [3.05, 3.63) is 46.4 Å². The Morgan fingerprint density at radius 2 is 2.00 bits per heavy atom. The van der Waals surface area contributed by atoms with Gasteiger partial charge in [0, 0.05) is 6.42 Å². The lowest BCUT2D eigenvalue weighted by Crippen LogP contribution is -2.26. The first kappa shape index (κ1) is 16.7. The number of rotatable bonds is 7. The average molecular weight is 318 g/mol. The van der Waals surface area contributed by atoms with E-state index < -0.39 is 5.97 Å². The molecule has 0 radical (unpaired) electrons. The molecule has 1 heterocycles. The SMILES string of the molecule is COc1cnn(CCO)c(=O)c1-c1ccc(CCC(=O)O)cc1. The number of hydrogen-bond donors (Lipinski definition) is 2. The molecule has 2 aromatic rings. The lowest BCUT2D eigenvalue weighted by Gasteiger charge is -2.11. The minimum absolute atomic E-state index is 0.0568. The lowest BCUT2D eigenvalue weighted by atomic mass is 10.0. The third kappa shape index (κ3) is 3.95. The fourth-order valence-electron chi connectivity index (χ4n) is 2.24. The number of carbonyl (C=O) groups is 1. The molecule has 0 unspecified atom stereocenters. The molecule has 2 rings (SSSR count). The van der Waals surface area contributed by atoms with E-state index in [2.05, 4.69) is 5.10 Å². The molecule has 122 valence electrons. The van der Waals surface area contributed by atoms with Gasteiger partial charge in [-0.05, 0) is 17.5 Å². The highest BCUT2D eigenvalue weighted by Gasteiger charge is 2.14. The Morgan fingerprint density at radius 3 is 2.57 bits per heavy atom. The van der Waals surface area contributed by atoms with Gasteiger partial charge in [0.25, 0.3) is 5.56 Å². The number of aromatic nitrogens is 2. The fraction of sp³-hybridized carbons (Fsp3) is 0.312. The number of hydrogen-bond acceptors (Lipinski definition) is 5. The molecule has 0 aliphatic carbocycles. The van der Waals surface area contributed by atoms with Crippen molar-refractivity contribution < 1.29 is 19.7 Å². The summed E-state index contributed by atoms with van der Waals surface area (Å²) in [7, 11) is 1.46. The molecule has 2 N–H and O–H groups in total. The van der Waals surface area contributed by atoms with Crippen molar-refractivity contribution in [2.45, 2.75) is 19.4 Å². The number of carboxylic acids is 1. The summed E-state index contributed by atoms with van der Waals surface area (Å²) >= 11 is 0. The second-order valence-electron chi connectivity index (χ2n) is 4.93. The van der Waals surface area contributed by atoms with Crippen LogP contribution in [0.15, 0.2) is 35.3 Å². The molecular weight excluding hydrogens is 300 g/mol. The molecular formula is C16H18N2O5. The molecule has 1 aromatic carbocycles. The van der Waals surface area contributed by atoms with Gasteiger partial charge in [0.05, 0.1) is 32.0 Å². The minimum atomic E-state index is -0.850. The number of aliphatic carboxylic acids is 1. The van der Waals surface area contributed by atoms with Crippen LogP contribution >= 0.6 is 0 Å². The summed E-state index contributed by atoms with van der Waals surface area (Å²) in [6, 6.07) is 7.07. The average Bonchev–Trinajstić information content (AvgIpc) is 2.55. The zero-order valence-corrected chi connectivity index (χ0v) is 12.7. The molecule has 0 fully saturated rings. The lowest BCUT2D eigenvalue weighted by molar-refractivity contribution is -0.136. The van der Waals surface area contributed by atoms with Gasteiger partial charge in [0.15, 0.2) is 5.75 Å². The first-order valence-electron chi connectivity index (χ1n) is 7.13. The van der Waals surface area contributed by atoms with Crippen molar-refractivity contribution in [2.75, 3.05) is 13.7 Å². The first-order valence-corrected chi connectivity index (χ1v) is 7.13. The zero-order valence-electron chi connectivity index (χ0n) is 12.7. The molecule has 0 aliphatic heterocycles. The number of aliphatic hydroxyl groups is 1. The van der Waals surface area contributed by atoms with Crippen LogP contribution in [0, 0.1) is 0 Å². The summed E-state index contributed by atoms with van der Waals surface area (Å²) in [6.07, 6.45) is 1.92. The van der Waals surface area contributed by atoms with Gasteiger partial charge in [-0.25, -0.2) is 4.68 Å². The van der Waals surface area contributed by atoms with Crippen LogP contribution in [0.1, 0.15) is 12.0 Å². The van der Waals surface area contributed by atoms with Crippen LogP contribution in [-0.4, -0.2) is 39.7 Å². The highest BCUT2D eigenvalue weighted by molar-refractivity contribution is 5.69. The van der Waals surface area contributed by atoms with Gasteiger partial charge in [-0.3, -0.25) is 9.59 Å². The van der Waals surface area contributed by atoms with Gasteiger partial charge in [0.1, 0.15) is 0 Å². The van der Waals surface area contributed by atoms with Gasteiger partial charge >= 0.3 is 5.97 Å². The maximum Gasteiger partial charge on any atom is 0.303 e. The van der Waals surface area contributed by atoms with Crippen LogP contribution in [0.2, 0.25) is 0 Å². The predicted molar refractivity (Wildman–Crippen MR) is 83.5 cm³/mol.